The van der Waals surface area contributed by atoms with Gasteiger partial charge in [0.15, 0.2) is 0 Å². The summed E-state index contributed by atoms with van der Waals surface area (Å²) < 4.78 is 67.5. The smallest absolute Gasteiger partial charge is 0.295 e. The van der Waals surface area contributed by atoms with Crippen LogP contribution in [0.25, 0.3) is 21.5 Å². The van der Waals surface area contributed by atoms with Gasteiger partial charge >= 0.3 is 0 Å². The van der Waals surface area contributed by atoms with Crippen LogP contribution < -0.4 is 5.73 Å². The summed E-state index contributed by atoms with van der Waals surface area (Å²) in [4.78, 5) is -1.14. The first kappa shape index (κ1) is 26.2. The summed E-state index contributed by atoms with van der Waals surface area (Å²) in [5.41, 5.74) is 7.01. The van der Waals surface area contributed by atoms with E-state index in [2.05, 4.69) is 16.3 Å². The fraction of sp³-hybridized carbons (Fsp3) is 0.160. The first-order valence-electron chi connectivity index (χ1n) is 11.2. The van der Waals surface area contributed by atoms with Crippen LogP contribution in [-0.2, 0) is 20.2 Å². The van der Waals surface area contributed by atoms with E-state index in [1.807, 2.05) is 42.5 Å². The molecular formula is C25H20N4O6S3. The molecule has 38 heavy (non-hydrogen) atoms. The summed E-state index contributed by atoms with van der Waals surface area (Å²) in [6.45, 7) is 0. The molecule has 5 rings (SSSR count). The van der Waals surface area contributed by atoms with Gasteiger partial charge in [-0.25, -0.2) is 0 Å². The van der Waals surface area contributed by atoms with E-state index in [4.69, 9.17) is 5.73 Å². The van der Waals surface area contributed by atoms with Crippen molar-refractivity contribution in [2.24, 2.45) is 21.9 Å². The van der Waals surface area contributed by atoms with Crippen molar-refractivity contribution in [3.8, 4) is 6.07 Å². The normalized spacial score (nSPS) is 22.3. The topological polar surface area (TPSA) is 183 Å². The van der Waals surface area contributed by atoms with Gasteiger partial charge in [-0.3, -0.25) is 9.11 Å². The van der Waals surface area contributed by atoms with Crippen LogP contribution in [0.5, 0.6) is 0 Å². The highest BCUT2D eigenvalue weighted by molar-refractivity contribution is 8.00. The molecule has 4 aromatic rings. The van der Waals surface area contributed by atoms with E-state index in [1.54, 1.807) is 0 Å². The van der Waals surface area contributed by atoms with E-state index in [0.717, 1.165) is 28.5 Å². The lowest BCUT2D eigenvalue weighted by atomic mass is 9.86. The largest absolute Gasteiger partial charge is 0.318 e. The first-order valence-corrected chi connectivity index (χ1v) is 15.0. The molecule has 1 fully saturated rings. The van der Waals surface area contributed by atoms with Gasteiger partial charge in [-0.15, -0.1) is 11.8 Å². The van der Waals surface area contributed by atoms with Crippen LogP contribution >= 0.6 is 11.8 Å². The number of rotatable bonds is 5. The summed E-state index contributed by atoms with van der Waals surface area (Å²) >= 11 is 1.24. The number of azo groups is 1. The van der Waals surface area contributed by atoms with Crippen molar-refractivity contribution >= 4 is 59.2 Å². The molecule has 4 N–H and O–H groups in total. The molecule has 4 aromatic carbocycles. The van der Waals surface area contributed by atoms with Gasteiger partial charge in [0.2, 0.25) is 0 Å². The highest BCUT2D eigenvalue weighted by atomic mass is 32.2. The zero-order valence-corrected chi connectivity index (χ0v) is 21.9. The molecule has 10 nitrogen and oxygen atoms in total. The molecule has 4 atom stereocenters. The van der Waals surface area contributed by atoms with Crippen LogP contribution in [-0.4, -0.2) is 36.7 Å². The second-order valence-electron chi connectivity index (χ2n) is 8.74. The predicted molar refractivity (Wildman–Crippen MR) is 143 cm³/mol. The molecule has 0 amide bonds. The van der Waals surface area contributed by atoms with Gasteiger partial charge in [0, 0.05) is 16.7 Å². The molecule has 1 aliphatic heterocycles. The van der Waals surface area contributed by atoms with E-state index < -0.39 is 52.6 Å². The Hall–Kier alpha value is -3.38. The van der Waals surface area contributed by atoms with Crippen molar-refractivity contribution in [3.05, 3.63) is 78.4 Å². The monoisotopic (exact) mass is 568 g/mol. The minimum atomic E-state index is -4.79. The van der Waals surface area contributed by atoms with Gasteiger partial charge in [0.25, 0.3) is 20.2 Å². The van der Waals surface area contributed by atoms with E-state index in [9.17, 15) is 31.2 Å². The summed E-state index contributed by atoms with van der Waals surface area (Å²) in [7, 11) is -9.52. The lowest BCUT2D eigenvalue weighted by molar-refractivity contribution is 0.481. The minimum Gasteiger partial charge on any atom is -0.318 e. The third-order valence-electron chi connectivity index (χ3n) is 6.40. The lowest BCUT2D eigenvalue weighted by Crippen LogP contribution is -2.24. The Balaban J connectivity index is 1.62. The van der Waals surface area contributed by atoms with E-state index >= 15 is 0 Å². The van der Waals surface area contributed by atoms with Crippen LogP contribution in [0.15, 0.2) is 92.8 Å². The maximum absolute atomic E-state index is 12.1. The highest BCUT2D eigenvalue weighted by Crippen LogP contribution is 2.48. The van der Waals surface area contributed by atoms with Gasteiger partial charge in [-0.2, -0.15) is 32.3 Å². The molecule has 0 aliphatic carbocycles. The van der Waals surface area contributed by atoms with Gasteiger partial charge in [-0.1, -0.05) is 54.6 Å². The Morgan fingerprint density at radius 3 is 2.24 bits per heavy atom. The van der Waals surface area contributed by atoms with Crippen LogP contribution in [0.1, 0.15) is 11.5 Å². The van der Waals surface area contributed by atoms with Crippen LogP contribution in [0, 0.1) is 17.2 Å². The molecule has 1 aliphatic rings. The minimum absolute atomic E-state index is 0.0759. The maximum Gasteiger partial charge on any atom is 0.295 e. The number of fused-ring (bicyclic) bond motifs is 2. The quantitative estimate of drug-likeness (QED) is 0.224. The first-order chi connectivity index (χ1) is 18.0. The van der Waals surface area contributed by atoms with E-state index in [1.165, 1.54) is 30.0 Å². The fourth-order valence-electron chi connectivity index (χ4n) is 4.68. The molecule has 1 heterocycles. The van der Waals surface area contributed by atoms with Crippen molar-refractivity contribution in [1.82, 2.24) is 0 Å². The van der Waals surface area contributed by atoms with E-state index in [-0.39, 0.29) is 16.5 Å². The van der Waals surface area contributed by atoms with Gasteiger partial charge < -0.3 is 5.73 Å². The van der Waals surface area contributed by atoms with Crippen LogP contribution in [0.2, 0.25) is 0 Å². The number of nitrogens with zero attached hydrogens (tertiary/aromatic N) is 3. The molecule has 13 heteroatoms. The zero-order valence-electron chi connectivity index (χ0n) is 19.4. The predicted octanol–water partition coefficient (Wildman–Crippen LogP) is 4.85. The number of hydrogen-bond donors (Lipinski definition) is 3. The SMILES string of the molecule is N#CC1C(N)SC(N=Nc2cc(S(=O)(=O)O)c3cccc(S(=O)(=O)O)c3c2)C1c1ccc2ccccc2c1. The molecular weight excluding hydrogens is 548 g/mol. The van der Waals surface area contributed by atoms with Gasteiger partial charge in [0.1, 0.15) is 15.2 Å². The average molecular weight is 569 g/mol. The second-order valence-corrected chi connectivity index (χ2v) is 12.8. The number of benzene rings is 4. The molecule has 0 radical (unpaired) electrons. The van der Waals surface area contributed by atoms with Crippen molar-refractivity contribution in [1.29, 1.82) is 5.26 Å². The van der Waals surface area contributed by atoms with Crippen molar-refractivity contribution in [2.75, 3.05) is 0 Å². The molecule has 1 saturated heterocycles. The Labute approximate surface area is 222 Å². The summed E-state index contributed by atoms with van der Waals surface area (Å²) in [6, 6.07) is 21.8. The van der Waals surface area contributed by atoms with Crippen molar-refractivity contribution in [3.63, 3.8) is 0 Å². The number of hydrogen-bond acceptors (Lipinski definition) is 9. The number of nitrogens with two attached hydrogens (primary N) is 1. The van der Waals surface area contributed by atoms with Gasteiger partial charge in [-0.05, 0) is 34.5 Å². The summed E-state index contributed by atoms with van der Waals surface area (Å²) in [6.07, 6.45) is 0. The Morgan fingerprint density at radius 1 is 0.842 bits per heavy atom. The third kappa shape index (κ3) is 4.90. The Kier molecular flexibility index (Phi) is 6.72. The molecule has 0 aromatic heterocycles. The molecule has 0 saturated carbocycles. The molecule has 194 valence electrons. The molecule has 4 unspecified atom stereocenters. The van der Waals surface area contributed by atoms with Crippen molar-refractivity contribution in [2.45, 2.75) is 26.5 Å². The van der Waals surface area contributed by atoms with E-state index in [0.29, 0.717) is 0 Å². The highest BCUT2D eigenvalue weighted by Gasteiger charge is 2.44. The van der Waals surface area contributed by atoms with Crippen LogP contribution in [0.3, 0.4) is 0 Å². The number of nitriles is 1. The molecule has 0 bridgehead atoms. The standard InChI is InChI=1S/C25H20N4O6S3/c26-13-20-23(16-9-8-14-4-1-2-5-15(14)10-16)25(36-24(20)27)29-28-17-11-19-18(22(12-17)38(33,34)35)6-3-7-21(19)37(30,31)32/h1-12,20,23-25H,27H2,(H,30,31,32)(H,33,34,35). The summed E-state index contributed by atoms with van der Waals surface area (Å²) in [5.74, 6) is -1.01. The van der Waals surface area contributed by atoms with Gasteiger partial charge in [0.05, 0.1) is 23.0 Å². The molecule has 0 spiro atoms. The fourth-order valence-corrected chi connectivity index (χ4v) is 7.42. The average Bonchev–Trinajstić information content (AvgIpc) is 3.20. The zero-order chi connectivity index (χ0) is 27.2. The Morgan fingerprint density at radius 2 is 1.55 bits per heavy atom. The van der Waals surface area contributed by atoms with Crippen LogP contribution in [0.4, 0.5) is 5.69 Å². The van der Waals surface area contributed by atoms with Crippen molar-refractivity contribution < 1.29 is 25.9 Å². The maximum atomic E-state index is 12.1. The third-order valence-corrected chi connectivity index (χ3v) is 9.48. The number of thioether (sulfide) groups is 1. The second kappa shape index (κ2) is 9.73. The Bertz CT molecular complexity index is 1870. The summed E-state index contributed by atoms with van der Waals surface area (Å²) in [5, 5.41) is 18.9. The lowest BCUT2D eigenvalue weighted by Gasteiger charge is -2.18.